The Bertz CT molecular complexity index is 231. The third-order valence-electron chi connectivity index (χ3n) is 1.86. The third-order valence-corrected chi connectivity index (χ3v) is 1.86. The molecule has 0 unspecified atom stereocenters. The molecule has 13 heavy (non-hydrogen) atoms. The molecule has 0 spiro atoms. The highest BCUT2D eigenvalue weighted by Crippen LogP contribution is 1.89. The summed E-state index contributed by atoms with van der Waals surface area (Å²) in [6.07, 6.45) is 4.25. The maximum Gasteiger partial charge on any atom is 0.169 e. The van der Waals surface area contributed by atoms with Crippen LogP contribution in [0.25, 0.3) is 0 Å². The van der Waals surface area contributed by atoms with Crippen LogP contribution in [0.1, 0.15) is 5.56 Å². The van der Waals surface area contributed by atoms with E-state index in [-0.39, 0.29) is 17.0 Å². The van der Waals surface area contributed by atoms with Gasteiger partial charge in [-0.3, -0.25) is 0 Å². The van der Waals surface area contributed by atoms with Crippen molar-refractivity contribution < 1.29 is 21.5 Å². The molecule has 1 aromatic rings. The van der Waals surface area contributed by atoms with Gasteiger partial charge in [0.1, 0.15) is 0 Å². The second-order valence-corrected chi connectivity index (χ2v) is 3.42. The molecule has 2 nitrogen and oxygen atoms in total. The zero-order chi connectivity index (χ0) is 8.97. The molecule has 0 amide bonds. The van der Waals surface area contributed by atoms with Crippen LogP contribution in [0, 0.1) is 6.92 Å². The van der Waals surface area contributed by atoms with Gasteiger partial charge in [-0.2, -0.15) is 0 Å². The molecule has 0 aliphatic carbocycles. The normalized spacial score (nSPS) is 9.85. The summed E-state index contributed by atoms with van der Waals surface area (Å²) >= 11 is 0. The molecule has 1 heterocycles. The Hall–Kier alpha value is -0.410. The molecule has 0 bridgehead atoms. The summed E-state index contributed by atoms with van der Waals surface area (Å²) in [5, 5.41) is 0. The number of halogens is 1. The highest BCUT2D eigenvalue weighted by atomic mass is 79.9. The molecule has 3 heteroatoms. The monoisotopic (exact) mass is 244 g/mol. The molecule has 0 aliphatic heterocycles. The average Bonchev–Trinajstić information content (AvgIpc) is 2.03. The van der Waals surface area contributed by atoms with Crippen molar-refractivity contribution in [2.24, 2.45) is 0 Å². The van der Waals surface area contributed by atoms with Gasteiger partial charge in [-0.15, -0.1) is 0 Å². The first kappa shape index (κ1) is 12.6. The molecule has 0 fully saturated rings. The number of hydrogen-bond acceptors (Lipinski definition) is 1. The molecule has 0 saturated heterocycles. The van der Waals surface area contributed by atoms with E-state index in [0.717, 1.165) is 13.1 Å². The van der Waals surface area contributed by atoms with Gasteiger partial charge in [0.05, 0.1) is 6.54 Å². The standard InChI is InChI=1S/C10H17N2.BrH/c1-10-4-6-12(7-5-10)9-8-11(2)3;/h4-7H,8-9H2,1-3H3;1H/q+1;/p-1. The Morgan fingerprint density at radius 3 is 2.23 bits per heavy atom. The van der Waals surface area contributed by atoms with Crippen molar-refractivity contribution in [3.05, 3.63) is 30.1 Å². The van der Waals surface area contributed by atoms with Crippen LogP contribution in [0.15, 0.2) is 24.5 Å². The van der Waals surface area contributed by atoms with Crippen molar-refractivity contribution >= 4 is 0 Å². The number of aromatic nitrogens is 1. The van der Waals surface area contributed by atoms with E-state index in [1.54, 1.807) is 0 Å². The Labute approximate surface area is 91.0 Å². The first-order valence-corrected chi connectivity index (χ1v) is 4.29. The third kappa shape index (κ3) is 5.01. The number of pyridine rings is 1. The van der Waals surface area contributed by atoms with Crippen LogP contribution >= 0.6 is 0 Å². The highest BCUT2D eigenvalue weighted by molar-refractivity contribution is 5.03. The minimum absolute atomic E-state index is 0. The van der Waals surface area contributed by atoms with Crippen LogP contribution in [0.4, 0.5) is 0 Å². The first-order chi connectivity index (χ1) is 5.68. The van der Waals surface area contributed by atoms with E-state index in [9.17, 15) is 0 Å². The summed E-state index contributed by atoms with van der Waals surface area (Å²) in [6.45, 7) is 4.26. The van der Waals surface area contributed by atoms with E-state index in [0.29, 0.717) is 0 Å². The van der Waals surface area contributed by atoms with Gasteiger partial charge in [-0.25, -0.2) is 4.57 Å². The molecule has 0 aromatic carbocycles. The topological polar surface area (TPSA) is 7.12 Å². The fourth-order valence-electron chi connectivity index (χ4n) is 0.996. The van der Waals surface area contributed by atoms with E-state index >= 15 is 0 Å². The van der Waals surface area contributed by atoms with Crippen molar-refractivity contribution in [1.82, 2.24) is 4.90 Å². The summed E-state index contributed by atoms with van der Waals surface area (Å²) in [4.78, 5) is 2.19. The zero-order valence-electron chi connectivity index (χ0n) is 8.50. The van der Waals surface area contributed by atoms with Crippen LogP contribution < -0.4 is 21.5 Å². The predicted molar refractivity (Wildman–Crippen MR) is 49.9 cm³/mol. The lowest BCUT2D eigenvalue weighted by Gasteiger charge is -2.05. The number of aryl methyl sites for hydroxylation is 1. The predicted octanol–water partition coefficient (Wildman–Crippen LogP) is -2.15. The molecule has 0 atom stereocenters. The Morgan fingerprint density at radius 1 is 1.23 bits per heavy atom. The fraction of sp³-hybridized carbons (Fsp3) is 0.500. The highest BCUT2D eigenvalue weighted by Gasteiger charge is 1.98. The average molecular weight is 245 g/mol. The second-order valence-electron chi connectivity index (χ2n) is 3.42. The quantitative estimate of drug-likeness (QED) is 0.551. The number of nitrogens with zero attached hydrogens (tertiary/aromatic N) is 2. The van der Waals surface area contributed by atoms with Gasteiger partial charge in [0.2, 0.25) is 0 Å². The first-order valence-electron chi connectivity index (χ1n) is 4.29. The Kier molecular flexibility index (Phi) is 5.91. The van der Waals surface area contributed by atoms with E-state index in [4.69, 9.17) is 0 Å². The van der Waals surface area contributed by atoms with Gasteiger partial charge in [0.15, 0.2) is 18.9 Å². The summed E-state index contributed by atoms with van der Waals surface area (Å²) in [7, 11) is 4.18. The van der Waals surface area contributed by atoms with Crippen molar-refractivity contribution in [2.45, 2.75) is 13.5 Å². The molecule has 0 aliphatic rings. The molecule has 1 rings (SSSR count). The van der Waals surface area contributed by atoms with Crippen LogP contribution in [0.5, 0.6) is 0 Å². The smallest absolute Gasteiger partial charge is 0.169 e. The van der Waals surface area contributed by atoms with Gasteiger partial charge in [0, 0.05) is 12.1 Å². The van der Waals surface area contributed by atoms with Gasteiger partial charge < -0.3 is 21.9 Å². The molecular weight excluding hydrogens is 228 g/mol. The largest absolute Gasteiger partial charge is 1.00 e. The molecule has 74 valence electrons. The molecule has 0 N–H and O–H groups in total. The van der Waals surface area contributed by atoms with E-state index in [1.165, 1.54) is 5.56 Å². The summed E-state index contributed by atoms with van der Waals surface area (Å²) < 4.78 is 2.20. The minimum Gasteiger partial charge on any atom is -1.00 e. The van der Waals surface area contributed by atoms with Gasteiger partial charge in [-0.05, 0) is 26.6 Å². The summed E-state index contributed by atoms with van der Waals surface area (Å²) in [6, 6.07) is 4.27. The maximum atomic E-state index is 2.20. The van der Waals surface area contributed by atoms with E-state index in [1.807, 2.05) is 0 Å². The van der Waals surface area contributed by atoms with Crippen molar-refractivity contribution in [3.8, 4) is 0 Å². The number of hydrogen-bond donors (Lipinski definition) is 0. The fourth-order valence-corrected chi connectivity index (χ4v) is 0.996. The van der Waals surface area contributed by atoms with Crippen LogP contribution in [-0.2, 0) is 6.54 Å². The number of likely N-dealkylation sites (N-methyl/N-ethyl adjacent to an activating group) is 1. The summed E-state index contributed by atoms with van der Waals surface area (Å²) in [5.41, 5.74) is 1.32. The SMILES string of the molecule is Cc1cc[n+](CCN(C)C)cc1.[Br-]. The zero-order valence-corrected chi connectivity index (χ0v) is 10.1. The minimum atomic E-state index is 0. The van der Waals surface area contributed by atoms with Crippen molar-refractivity contribution in [2.75, 3.05) is 20.6 Å². The summed E-state index contributed by atoms with van der Waals surface area (Å²) in [5.74, 6) is 0. The second kappa shape index (κ2) is 6.11. The van der Waals surface area contributed by atoms with Crippen LogP contribution in [-0.4, -0.2) is 25.5 Å². The van der Waals surface area contributed by atoms with Crippen molar-refractivity contribution in [1.29, 1.82) is 0 Å². The molecule has 1 aromatic heterocycles. The molecule has 0 saturated carbocycles. The molecular formula is C10H17BrN2. The van der Waals surface area contributed by atoms with Gasteiger partial charge in [0.25, 0.3) is 0 Å². The number of rotatable bonds is 3. The Balaban J connectivity index is 0.00000144. The van der Waals surface area contributed by atoms with Gasteiger partial charge >= 0.3 is 0 Å². The van der Waals surface area contributed by atoms with Crippen molar-refractivity contribution in [3.63, 3.8) is 0 Å². The van der Waals surface area contributed by atoms with Crippen LogP contribution in [0.2, 0.25) is 0 Å². The lowest BCUT2D eigenvalue weighted by atomic mass is 10.3. The lowest BCUT2D eigenvalue weighted by molar-refractivity contribution is -0.696. The lowest BCUT2D eigenvalue weighted by Crippen LogP contribution is -3.00. The maximum absolute atomic E-state index is 2.20. The van der Waals surface area contributed by atoms with E-state index < -0.39 is 0 Å². The van der Waals surface area contributed by atoms with E-state index in [2.05, 4.69) is 55.0 Å². The Morgan fingerprint density at radius 2 is 1.77 bits per heavy atom. The van der Waals surface area contributed by atoms with Crippen LogP contribution in [0.3, 0.4) is 0 Å². The molecule has 0 radical (unpaired) electrons. The van der Waals surface area contributed by atoms with Gasteiger partial charge in [-0.1, -0.05) is 0 Å².